The van der Waals surface area contributed by atoms with Crippen molar-refractivity contribution < 1.29 is 0 Å². The lowest BCUT2D eigenvalue weighted by Gasteiger charge is -1.95. The third-order valence-corrected chi connectivity index (χ3v) is 2.59. The van der Waals surface area contributed by atoms with E-state index in [1.807, 2.05) is 44.5 Å². The first-order valence-corrected chi connectivity index (χ1v) is 5.78. The molecule has 2 N–H and O–H groups in total. The number of rotatable bonds is 1. The molecule has 0 aliphatic rings. The molecule has 0 saturated carbocycles. The number of thiazole rings is 1. The van der Waals surface area contributed by atoms with Crippen LogP contribution in [-0.2, 0) is 0 Å². The molecule has 0 atom stereocenters. The van der Waals surface area contributed by atoms with Gasteiger partial charge in [0, 0.05) is 22.8 Å². The smallest absolute Gasteiger partial charge is 0.135 e. The van der Waals surface area contributed by atoms with Gasteiger partial charge in [0.2, 0.25) is 0 Å². The molecule has 0 aliphatic heterocycles. The summed E-state index contributed by atoms with van der Waals surface area (Å²) in [4.78, 5) is 8.36. The fraction of sp³-hybridized carbons (Fsp3) is 0.273. The number of aryl methyl sites for hydroxylation is 1. The predicted octanol–water partition coefficient (Wildman–Crippen LogP) is 3.12. The van der Waals surface area contributed by atoms with Crippen LogP contribution < -0.4 is 5.73 Å². The van der Waals surface area contributed by atoms with Crippen LogP contribution in [0.15, 0.2) is 23.7 Å². The second-order valence-corrected chi connectivity index (χ2v) is 3.62. The van der Waals surface area contributed by atoms with E-state index < -0.39 is 0 Å². The van der Waals surface area contributed by atoms with Gasteiger partial charge in [0.15, 0.2) is 0 Å². The maximum atomic E-state index is 5.52. The van der Waals surface area contributed by atoms with Gasteiger partial charge in [0.05, 0.1) is 0 Å². The van der Waals surface area contributed by atoms with E-state index in [4.69, 9.17) is 5.73 Å². The second-order valence-electron chi connectivity index (χ2n) is 2.77. The first-order valence-electron chi connectivity index (χ1n) is 4.90. The van der Waals surface area contributed by atoms with Gasteiger partial charge in [-0.15, -0.1) is 11.3 Å². The summed E-state index contributed by atoms with van der Waals surface area (Å²) in [7, 11) is 0. The summed E-state index contributed by atoms with van der Waals surface area (Å²) >= 11 is 1.53. The Bertz CT molecular complexity index is 406. The van der Waals surface area contributed by atoms with E-state index in [1.165, 1.54) is 11.3 Å². The van der Waals surface area contributed by atoms with Crippen molar-refractivity contribution in [1.29, 1.82) is 0 Å². The van der Waals surface area contributed by atoms with Crippen molar-refractivity contribution in [3.63, 3.8) is 0 Å². The molecule has 0 saturated heterocycles. The van der Waals surface area contributed by atoms with Crippen LogP contribution in [0.5, 0.6) is 0 Å². The Kier molecular flexibility index (Phi) is 4.24. The minimum absolute atomic E-state index is 0.570. The Morgan fingerprint density at radius 2 is 2.00 bits per heavy atom. The molecule has 0 radical (unpaired) electrons. The SMILES string of the molecule is CC.Cc1ccc(-c2nc(N)cs2)cn1. The van der Waals surface area contributed by atoms with Crippen molar-refractivity contribution in [1.82, 2.24) is 9.97 Å². The largest absolute Gasteiger partial charge is 0.383 e. The number of nitrogen functional groups attached to an aromatic ring is 1. The monoisotopic (exact) mass is 221 g/mol. The lowest BCUT2D eigenvalue weighted by atomic mass is 10.3. The average Bonchev–Trinajstić information content (AvgIpc) is 2.69. The van der Waals surface area contributed by atoms with E-state index in [9.17, 15) is 0 Å². The minimum atomic E-state index is 0.570. The van der Waals surface area contributed by atoms with E-state index in [0.717, 1.165) is 16.3 Å². The number of aromatic nitrogens is 2. The van der Waals surface area contributed by atoms with Crippen molar-refractivity contribution >= 4 is 17.2 Å². The molecule has 0 amide bonds. The molecular weight excluding hydrogens is 206 g/mol. The molecule has 15 heavy (non-hydrogen) atoms. The first kappa shape index (κ1) is 11.7. The van der Waals surface area contributed by atoms with Crippen molar-refractivity contribution in [2.45, 2.75) is 20.8 Å². The Morgan fingerprint density at radius 3 is 2.47 bits per heavy atom. The Balaban J connectivity index is 0.000000531. The molecular formula is C11H15N3S. The van der Waals surface area contributed by atoms with Crippen LogP contribution in [0.1, 0.15) is 19.5 Å². The maximum absolute atomic E-state index is 5.52. The van der Waals surface area contributed by atoms with Crippen LogP contribution >= 0.6 is 11.3 Å². The molecule has 0 aromatic carbocycles. The van der Waals surface area contributed by atoms with Crippen molar-refractivity contribution in [2.75, 3.05) is 5.73 Å². The number of hydrogen-bond acceptors (Lipinski definition) is 4. The van der Waals surface area contributed by atoms with E-state index in [2.05, 4.69) is 9.97 Å². The molecule has 0 spiro atoms. The van der Waals surface area contributed by atoms with Crippen molar-refractivity contribution in [3.05, 3.63) is 29.4 Å². The van der Waals surface area contributed by atoms with E-state index in [0.29, 0.717) is 5.82 Å². The zero-order chi connectivity index (χ0) is 11.3. The van der Waals surface area contributed by atoms with Gasteiger partial charge in [-0.05, 0) is 19.1 Å². The first-order chi connectivity index (χ1) is 7.25. The summed E-state index contributed by atoms with van der Waals surface area (Å²) in [5.41, 5.74) is 7.55. The standard InChI is InChI=1S/C9H9N3S.C2H6/c1-6-2-3-7(4-11-6)9-12-8(10)5-13-9;1-2/h2-5H,10H2,1H3;1-2H3. The number of nitrogens with zero attached hydrogens (tertiary/aromatic N) is 2. The molecule has 2 rings (SSSR count). The summed E-state index contributed by atoms with van der Waals surface area (Å²) in [5.74, 6) is 0.570. The summed E-state index contributed by atoms with van der Waals surface area (Å²) in [5, 5.41) is 2.75. The van der Waals surface area contributed by atoms with Crippen LogP contribution in [0.25, 0.3) is 10.6 Å². The summed E-state index contributed by atoms with van der Waals surface area (Å²) < 4.78 is 0. The van der Waals surface area contributed by atoms with Crippen molar-refractivity contribution in [2.24, 2.45) is 0 Å². The Hall–Kier alpha value is -1.42. The van der Waals surface area contributed by atoms with Gasteiger partial charge in [-0.2, -0.15) is 0 Å². The zero-order valence-corrected chi connectivity index (χ0v) is 10.0. The van der Waals surface area contributed by atoms with Gasteiger partial charge >= 0.3 is 0 Å². The quantitative estimate of drug-likeness (QED) is 0.805. The molecule has 3 nitrogen and oxygen atoms in total. The zero-order valence-electron chi connectivity index (χ0n) is 9.19. The van der Waals surface area contributed by atoms with Crippen LogP contribution in [-0.4, -0.2) is 9.97 Å². The van der Waals surface area contributed by atoms with Crippen molar-refractivity contribution in [3.8, 4) is 10.6 Å². The van der Waals surface area contributed by atoms with Crippen LogP contribution in [0.2, 0.25) is 0 Å². The van der Waals surface area contributed by atoms with Crippen LogP contribution in [0, 0.1) is 6.92 Å². The Morgan fingerprint density at radius 1 is 1.27 bits per heavy atom. The molecule has 0 fully saturated rings. The molecule has 2 heterocycles. The average molecular weight is 221 g/mol. The number of nitrogens with two attached hydrogens (primary N) is 1. The Labute approximate surface area is 94.0 Å². The normalized spacial score (nSPS) is 9.27. The lowest BCUT2D eigenvalue weighted by Crippen LogP contribution is -1.85. The molecule has 2 aromatic rings. The topological polar surface area (TPSA) is 51.8 Å². The van der Waals surface area contributed by atoms with Gasteiger partial charge in [0.1, 0.15) is 10.8 Å². The highest BCUT2D eigenvalue weighted by Crippen LogP contribution is 2.23. The highest BCUT2D eigenvalue weighted by Gasteiger charge is 2.01. The number of anilines is 1. The molecule has 0 unspecified atom stereocenters. The van der Waals surface area contributed by atoms with Gasteiger partial charge < -0.3 is 5.73 Å². The van der Waals surface area contributed by atoms with E-state index in [-0.39, 0.29) is 0 Å². The maximum Gasteiger partial charge on any atom is 0.135 e. The second kappa shape index (κ2) is 5.46. The predicted molar refractivity (Wildman–Crippen MR) is 65.8 cm³/mol. The number of pyridine rings is 1. The third-order valence-electron chi connectivity index (χ3n) is 1.68. The van der Waals surface area contributed by atoms with Gasteiger partial charge in [-0.1, -0.05) is 13.8 Å². The highest BCUT2D eigenvalue weighted by atomic mass is 32.1. The summed E-state index contributed by atoms with van der Waals surface area (Å²) in [6.45, 7) is 5.96. The molecule has 0 aliphatic carbocycles. The molecule has 2 aromatic heterocycles. The van der Waals surface area contributed by atoms with E-state index in [1.54, 1.807) is 0 Å². The lowest BCUT2D eigenvalue weighted by molar-refractivity contribution is 1.20. The highest BCUT2D eigenvalue weighted by molar-refractivity contribution is 7.13. The summed E-state index contributed by atoms with van der Waals surface area (Å²) in [6.07, 6.45) is 1.81. The van der Waals surface area contributed by atoms with E-state index >= 15 is 0 Å². The molecule has 0 bridgehead atoms. The number of hydrogen-bond donors (Lipinski definition) is 1. The van der Waals surface area contributed by atoms with Crippen LogP contribution in [0.3, 0.4) is 0 Å². The molecule has 4 heteroatoms. The van der Waals surface area contributed by atoms with Gasteiger partial charge in [0.25, 0.3) is 0 Å². The molecule has 80 valence electrons. The van der Waals surface area contributed by atoms with Crippen LogP contribution in [0.4, 0.5) is 5.82 Å². The fourth-order valence-electron chi connectivity index (χ4n) is 1.01. The minimum Gasteiger partial charge on any atom is -0.383 e. The third kappa shape index (κ3) is 3.02. The fourth-order valence-corrected chi connectivity index (χ4v) is 1.71. The van der Waals surface area contributed by atoms with Gasteiger partial charge in [-0.25, -0.2) is 4.98 Å². The summed E-state index contributed by atoms with van der Waals surface area (Å²) in [6, 6.07) is 3.97. The van der Waals surface area contributed by atoms with Gasteiger partial charge in [-0.3, -0.25) is 4.98 Å².